The Labute approximate surface area is 149 Å². The molecular weight excluding hydrogens is 327 g/mol. The zero-order valence-electron chi connectivity index (χ0n) is 13.4. The summed E-state index contributed by atoms with van der Waals surface area (Å²) < 4.78 is 0. The van der Waals surface area contributed by atoms with Gasteiger partial charge in [0, 0.05) is 40.8 Å². The van der Waals surface area contributed by atoms with Gasteiger partial charge in [0.2, 0.25) is 0 Å². The molecule has 124 valence electrons. The maximum atomic E-state index is 4.61. The molecule has 2 unspecified atom stereocenters. The largest absolute Gasteiger partial charge is 0.358 e. The molecule has 0 spiro atoms. The molecule has 0 heterocycles. The van der Waals surface area contributed by atoms with Crippen LogP contribution in [0, 0.1) is 19.3 Å². The van der Waals surface area contributed by atoms with E-state index in [2.05, 4.69) is 22.4 Å². The molecule has 2 aromatic carbocycles. The minimum absolute atomic E-state index is 0. The molecular formula is C20H23N2Ni-. The van der Waals surface area contributed by atoms with E-state index >= 15 is 0 Å². The van der Waals surface area contributed by atoms with Crippen LogP contribution in [0.3, 0.4) is 0 Å². The van der Waals surface area contributed by atoms with Gasteiger partial charge in [0.25, 0.3) is 0 Å². The number of hydrogen-bond acceptors (Lipinski definition) is 2. The Balaban J connectivity index is 0.00000132. The first kappa shape index (κ1) is 19.3. The smallest absolute Gasteiger partial charge is 0.0625 e. The molecule has 0 N–H and O–H groups in total. The molecule has 3 heteroatoms. The molecule has 1 saturated carbocycles. The van der Waals surface area contributed by atoms with Crippen molar-refractivity contribution in [1.29, 1.82) is 0 Å². The summed E-state index contributed by atoms with van der Waals surface area (Å²) in [5.41, 5.74) is 2.06. The fourth-order valence-corrected chi connectivity index (χ4v) is 2.78. The van der Waals surface area contributed by atoms with E-state index in [4.69, 9.17) is 0 Å². The van der Waals surface area contributed by atoms with Gasteiger partial charge >= 0.3 is 0 Å². The second-order valence-corrected chi connectivity index (χ2v) is 5.49. The number of para-hydroxylation sites is 2. The minimum Gasteiger partial charge on any atom is -0.358 e. The van der Waals surface area contributed by atoms with Crippen LogP contribution in [-0.4, -0.2) is 12.4 Å². The number of rotatable bonds is 4. The molecule has 23 heavy (non-hydrogen) atoms. The van der Waals surface area contributed by atoms with Crippen LogP contribution in [0.5, 0.6) is 0 Å². The van der Waals surface area contributed by atoms with Gasteiger partial charge in [-0.2, -0.15) is 0 Å². The van der Waals surface area contributed by atoms with E-state index in [9.17, 15) is 0 Å². The standard InChI is InChI=1S/C19H20N2.CH3.Ni/c1-3-10-18(11-4-1)20-14-16-8-7-9-17(16)15-21-19-12-5-2-6-13-19;;/h1-6,10-17H,7-9H2;1H3;/q;-1;. The van der Waals surface area contributed by atoms with E-state index in [-0.39, 0.29) is 23.9 Å². The van der Waals surface area contributed by atoms with E-state index in [0.717, 1.165) is 11.4 Å². The van der Waals surface area contributed by atoms with Gasteiger partial charge in [0.1, 0.15) is 0 Å². The van der Waals surface area contributed by atoms with Gasteiger partial charge in [-0.3, -0.25) is 9.98 Å². The van der Waals surface area contributed by atoms with Crippen LogP contribution in [0.2, 0.25) is 0 Å². The van der Waals surface area contributed by atoms with Crippen molar-refractivity contribution in [2.75, 3.05) is 0 Å². The van der Waals surface area contributed by atoms with Crippen molar-refractivity contribution in [2.24, 2.45) is 21.8 Å². The van der Waals surface area contributed by atoms with Crippen molar-refractivity contribution < 1.29 is 16.5 Å². The third kappa shape index (κ3) is 5.76. The van der Waals surface area contributed by atoms with Gasteiger partial charge in [-0.1, -0.05) is 42.8 Å². The van der Waals surface area contributed by atoms with Crippen LogP contribution in [0.15, 0.2) is 70.6 Å². The maximum absolute atomic E-state index is 4.61. The van der Waals surface area contributed by atoms with E-state index in [1.807, 2.05) is 60.7 Å². The van der Waals surface area contributed by atoms with Gasteiger partial charge < -0.3 is 7.43 Å². The Bertz CT molecular complexity index is 553. The average molecular weight is 350 g/mol. The van der Waals surface area contributed by atoms with Crippen molar-refractivity contribution in [2.45, 2.75) is 19.3 Å². The van der Waals surface area contributed by atoms with Crippen LogP contribution in [-0.2, 0) is 16.5 Å². The fraction of sp³-hybridized carbons (Fsp3) is 0.250. The molecule has 1 fully saturated rings. The van der Waals surface area contributed by atoms with Gasteiger partial charge in [-0.25, -0.2) is 0 Å². The van der Waals surface area contributed by atoms with Gasteiger partial charge in [0.05, 0.1) is 11.4 Å². The normalized spacial score (nSPS) is 20.3. The molecule has 0 saturated heterocycles. The molecule has 0 radical (unpaired) electrons. The zero-order valence-corrected chi connectivity index (χ0v) is 14.4. The summed E-state index contributed by atoms with van der Waals surface area (Å²) in [5.74, 6) is 1.02. The Hall–Kier alpha value is -1.73. The summed E-state index contributed by atoms with van der Waals surface area (Å²) in [5, 5.41) is 0. The molecule has 1 aliphatic rings. The van der Waals surface area contributed by atoms with Crippen molar-refractivity contribution in [1.82, 2.24) is 0 Å². The second kappa shape index (κ2) is 10.1. The summed E-state index contributed by atoms with van der Waals surface area (Å²) in [6, 6.07) is 20.3. The third-order valence-electron chi connectivity index (χ3n) is 3.97. The number of hydrogen-bond donors (Lipinski definition) is 0. The van der Waals surface area contributed by atoms with Gasteiger partial charge in [-0.05, 0) is 37.1 Å². The average Bonchev–Trinajstić information content (AvgIpc) is 3.00. The molecule has 0 amide bonds. The molecule has 0 bridgehead atoms. The summed E-state index contributed by atoms with van der Waals surface area (Å²) in [6.45, 7) is 0. The minimum atomic E-state index is 0. The number of benzene rings is 2. The molecule has 1 aliphatic carbocycles. The number of nitrogens with zero attached hydrogens (tertiary/aromatic N) is 2. The predicted molar refractivity (Wildman–Crippen MR) is 96.4 cm³/mol. The van der Waals surface area contributed by atoms with E-state index in [1.54, 1.807) is 0 Å². The van der Waals surface area contributed by atoms with Gasteiger partial charge in [0.15, 0.2) is 0 Å². The van der Waals surface area contributed by atoms with Crippen molar-refractivity contribution in [3.63, 3.8) is 0 Å². The molecule has 0 aromatic heterocycles. The van der Waals surface area contributed by atoms with Crippen LogP contribution < -0.4 is 0 Å². The Morgan fingerprint density at radius 3 is 1.48 bits per heavy atom. The molecule has 2 aromatic rings. The third-order valence-corrected chi connectivity index (χ3v) is 3.97. The quantitative estimate of drug-likeness (QED) is 0.386. The Morgan fingerprint density at radius 1 is 0.696 bits per heavy atom. The topological polar surface area (TPSA) is 24.7 Å². The van der Waals surface area contributed by atoms with Crippen molar-refractivity contribution >= 4 is 23.8 Å². The zero-order chi connectivity index (χ0) is 14.3. The first-order valence-electron chi connectivity index (χ1n) is 7.60. The summed E-state index contributed by atoms with van der Waals surface area (Å²) in [6.07, 6.45) is 7.91. The molecule has 2 atom stereocenters. The van der Waals surface area contributed by atoms with E-state index < -0.39 is 0 Å². The molecule has 3 rings (SSSR count). The summed E-state index contributed by atoms with van der Waals surface area (Å²) in [7, 11) is 0. The predicted octanol–water partition coefficient (Wildman–Crippen LogP) is 5.66. The fourth-order valence-electron chi connectivity index (χ4n) is 2.78. The van der Waals surface area contributed by atoms with Crippen molar-refractivity contribution in [3.8, 4) is 0 Å². The maximum Gasteiger partial charge on any atom is 0.0625 e. The second-order valence-electron chi connectivity index (χ2n) is 5.49. The summed E-state index contributed by atoms with van der Waals surface area (Å²) >= 11 is 0. The van der Waals surface area contributed by atoms with Gasteiger partial charge in [-0.15, -0.1) is 0 Å². The SMILES string of the molecule is C(=Nc1ccccc1)C1CCCC1C=Nc1ccccc1.[CH3-].[Ni]. The molecule has 2 nitrogen and oxygen atoms in total. The first-order chi connectivity index (χ1) is 10.4. The van der Waals surface area contributed by atoms with Crippen LogP contribution in [0.25, 0.3) is 0 Å². The Kier molecular flexibility index (Phi) is 8.50. The molecule has 0 aliphatic heterocycles. The Morgan fingerprint density at radius 2 is 1.09 bits per heavy atom. The van der Waals surface area contributed by atoms with E-state index in [1.165, 1.54) is 19.3 Å². The monoisotopic (exact) mass is 349 g/mol. The van der Waals surface area contributed by atoms with Crippen LogP contribution >= 0.6 is 0 Å². The first-order valence-corrected chi connectivity index (χ1v) is 7.60. The number of aliphatic imine (C=N–C) groups is 2. The van der Waals surface area contributed by atoms with E-state index in [0.29, 0.717) is 11.8 Å². The summed E-state index contributed by atoms with van der Waals surface area (Å²) in [4.78, 5) is 9.21. The van der Waals surface area contributed by atoms with Crippen LogP contribution in [0.1, 0.15) is 19.3 Å². The van der Waals surface area contributed by atoms with Crippen molar-refractivity contribution in [3.05, 3.63) is 68.1 Å². The van der Waals surface area contributed by atoms with Crippen LogP contribution in [0.4, 0.5) is 11.4 Å².